The minimum Gasteiger partial charge on any atom is -0.341 e. The van der Waals surface area contributed by atoms with Crippen molar-refractivity contribution >= 4 is 21.1 Å². The lowest BCUT2D eigenvalue weighted by atomic mass is 10.2. The molecule has 0 atom stereocenters. The van der Waals surface area contributed by atoms with Crippen molar-refractivity contribution in [2.75, 3.05) is 0 Å². The van der Waals surface area contributed by atoms with Gasteiger partial charge in [0.05, 0.1) is 22.5 Å². The summed E-state index contributed by atoms with van der Waals surface area (Å²) < 4.78 is 27.0. The first kappa shape index (κ1) is 13.8. The molecule has 0 aliphatic heterocycles. The van der Waals surface area contributed by atoms with Crippen molar-refractivity contribution in [1.82, 2.24) is 14.7 Å². The zero-order valence-electron chi connectivity index (χ0n) is 11.5. The van der Waals surface area contributed by atoms with Gasteiger partial charge in [-0.1, -0.05) is 24.3 Å². The predicted octanol–water partition coefficient (Wildman–Crippen LogP) is 2.35. The van der Waals surface area contributed by atoms with Gasteiger partial charge in [-0.2, -0.15) is 0 Å². The van der Waals surface area contributed by atoms with Gasteiger partial charge in [0.15, 0.2) is 0 Å². The molecule has 2 N–H and O–H groups in total. The van der Waals surface area contributed by atoms with Gasteiger partial charge in [-0.25, -0.2) is 18.1 Å². The first-order valence-corrected chi connectivity index (χ1v) is 8.03. The summed E-state index contributed by atoms with van der Waals surface area (Å²) in [5, 5.41) is 0. The van der Waals surface area contributed by atoms with E-state index in [9.17, 15) is 8.42 Å². The number of benzene rings is 2. The molecule has 3 rings (SSSR count). The zero-order chi connectivity index (χ0) is 14.9. The highest BCUT2D eigenvalue weighted by molar-refractivity contribution is 7.89. The molecule has 0 aliphatic carbocycles. The molecule has 0 aliphatic rings. The number of aromatic nitrogens is 2. The Morgan fingerprint density at radius 3 is 2.71 bits per heavy atom. The number of imidazole rings is 1. The molecular weight excluding hydrogens is 286 g/mol. The van der Waals surface area contributed by atoms with Crippen molar-refractivity contribution in [3.63, 3.8) is 0 Å². The van der Waals surface area contributed by atoms with Gasteiger partial charge in [0, 0.05) is 0 Å². The molecule has 1 heterocycles. The Hall–Kier alpha value is -2.18. The summed E-state index contributed by atoms with van der Waals surface area (Å²) in [5.41, 5.74) is 2.62. The van der Waals surface area contributed by atoms with Crippen molar-refractivity contribution in [2.45, 2.75) is 18.4 Å². The van der Waals surface area contributed by atoms with Gasteiger partial charge < -0.3 is 4.98 Å². The maximum atomic E-state index is 12.2. The van der Waals surface area contributed by atoms with E-state index >= 15 is 0 Å². The molecule has 0 unspecified atom stereocenters. The van der Waals surface area contributed by atoms with E-state index in [1.165, 1.54) is 0 Å². The normalized spacial score (nSPS) is 11.9. The number of hydrogen-bond donors (Lipinski definition) is 2. The molecule has 3 aromatic rings. The molecule has 21 heavy (non-hydrogen) atoms. The van der Waals surface area contributed by atoms with E-state index in [1.54, 1.807) is 18.2 Å². The fraction of sp³-hybridized carbons (Fsp3) is 0.133. The Bertz CT molecular complexity index is 852. The van der Waals surface area contributed by atoms with Crippen LogP contribution in [0.15, 0.2) is 53.4 Å². The van der Waals surface area contributed by atoms with Crippen LogP contribution in [0.1, 0.15) is 11.4 Å². The van der Waals surface area contributed by atoms with Crippen LogP contribution in [0.2, 0.25) is 0 Å². The molecule has 0 saturated heterocycles. The fourth-order valence-electron chi connectivity index (χ4n) is 2.12. The maximum Gasteiger partial charge on any atom is 0.240 e. The zero-order valence-corrected chi connectivity index (χ0v) is 12.3. The van der Waals surface area contributed by atoms with E-state index in [-0.39, 0.29) is 11.4 Å². The minimum absolute atomic E-state index is 0.130. The van der Waals surface area contributed by atoms with Crippen molar-refractivity contribution in [2.24, 2.45) is 0 Å². The van der Waals surface area contributed by atoms with E-state index < -0.39 is 10.0 Å². The topological polar surface area (TPSA) is 74.8 Å². The van der Waals surface area contributed by atoms with Gasteiger partial charge in [0.2, 0.25) is 10.0 Å². The number of aromatic amines is 1. The van der Waals surface area contributed by atoms with Crippen LogP contribution in [0, 0.1) is 6.92 Å². The summed E-state index contributed by atoms with van der Waals surface area (Å²) in [5.74, 6) is 0.590. The minimum atomic E-state index is -3.53. The first-order chi connectivity index (χ1) is 10.0. The highest BCUT2D eigenvalue weighted by Crippen LogP contribution is 2.13. The summed E-state index contributed by atoms with van der Waals surface area (Å²) in [7, 11) is -3.53. The van der Waals surface area contributed by atoms with Crippen molar-refractivity contribution in [3.8, 4) is 0 Å². The molecule has 5 nitrogen and oxygen atoms in total. The quantitative estimate of drug-likeness (QED) is 0.776. The number of nitrogens with zero attached hydrogens (tertiary/aromatic N) is 1. The van der Waals surface area contributed by atoms with E-state index in [1.807, 2.05) is 37.3 Å². The standard InChI is InChI=1S/C15H15N3O2S/c1-11-5-4-6-12(9-11)21(19,20)16-10-15-17-13-7-2-3-8-14(13)18-15/h2-9,16H,10H2,1H3,(H,17,18). The predicted molar refractivity (Wildman–Crippen MR) is 81.3 cm³/mol. The number of para-hydroxylation sites is 2. The van der Waals surface area contributed by atoms with Gasteiger partial charge in [0.25, 0.3) is 0 Å². The number of sulfonamides is 1. The van der Waals surface area contributed by atoms with Crippen LogP contribution in [0.4, 0.5) is 0 Å². The fourth-order valence-corrected chi connectivity index (χ4v) is 3.21. The Balaban J connectivity index is 1.80. The van der Waals surface area contributed by atoms with Crippen LogP contribution in [-0.2, 0) is 16.6 Å². The van der Waals surface area contributed by atoms with Crippen molar-refractivity contribution in [1.29, 1.82) is 0 Å². The van der Waals surface area contributed by atoms with Gasteiger partial charge in [-0.05, 0) is 36.8 Å². The van der Waals surface area contributed by atoms with Crippen molar-refractivity contribution < 1.29 is 8.42 Å². The van der Waals surface area contributed by atoms with E-state index in [0.717, 1.165) is 16.6 Å². The van der Waals surface area contributed by atoms with Crippen LogP contribution < -0.4 is 4.72 Å². The summed E-state index contributed by atoms with van der Waals surface area (Å²) in [6.45, 7) is 1.99. The number of rotatable bonds is 4. The van der Waals surface area contributed by atoms with Gasteiger partial charge in [-0.15, -0.1) is 0 Å². The molecule has 0 spiro atoms. The maximum absolute atomic E-state index is 12.2. The van der Waals surface area contributed by atoms with Crippen LogP contribution in [-0.4, -0.2) is 18.4 Å². The molecule has 0 bridgehead atoms. The lowest BCUT2D eigenvalue weighted by molar-refractivity contribution is 0.579. The van der Waals surface area contributed by atoms with Gasteiger partial charge >= 0.3 is 0 Å². The lowest BCUT2D eigenvalue weighted by Crippen LogP contribution is -2.23. The second-order valence-electron chi connectivity index (χ2n) is 4.84. The summed E-state index contributed by atoms with van der Waals surface area (Å²) in [4.78, 5) is 7.70. The average molecular weight is 301 g/mol. The van der Waals surface area contributed by atoms with E-state index in [2.05, 4.69) is 14.7 Å². The molecule has 0 amide bonds. The number of H-pyrrole nitrogens is 1. The van der Waals surface area contributed by atoms with Crippen LogP contribution >= 0.6 is 0 Å². The van der Waals surface area contributed by atoms with E-state index in [0.29, 0.717) is 5.82 Å². The molecule has 6 heteroatoms. The molecular formula is C15H15N3O2S. The lowest BCUT2D eigenvalue weighted by Gasteiger charge is -2.05. The number of aryl methyl sites for hydroxylation is 1. The Labute approximate surface area is 123 Å². The Morgan fingerprint density at radius 1 is 1.14 bits per heavy atom. The smallest absolute Gasteiger partial charge is 0.240 e. The highest BCUT2D eigenvalue weighted by atomic mass is 32.2. The second-order valence-corrected chi connectivity index (χ2v) is 6.61. The first-order valence-electron chi connectivity index (χ1n) is 6.54. The second kappa shape index (κ2) is 5.31. The SMILES string of the molecule is Cc1cccc(S(=O)(=O)NCc2nc3ccccc3[nH]2)c1. The van der Waals surface area contributed by atoms with E-state index in [4.69, 9.17) is 0 Å². The monoisotopic (exact) mass is 301 g/mol. The Morgan fingerprint density at radius 2 is 1.95 bits per heavy atom. The third-order valence-corrected chi connectivity index (χ3v) is 4.57. The molecule has 0 saturated carbocycles. The number of fused-ring (bicyclic) bond motifs is 1. The molecule has 108 valence electrons. The van der Waals surface area contributed by atoms with Crippen LogP contribution in [0.25, 0.3) is 11.0 Å². The van der Waals surface area contributed by atoms with Gasteiger partial charge in [-0.3, -0.25) is 0 Å². The van der Waals surface area contributed by atoms with Crippen LogP contribution in [0.5, 0.6) is 0 Å². The summed E-state index contributed by atoms with van der Waals surface area (Å²) in [6.07, 6.45) is 0. The summed E-state index contributed by atoms with van der Waals surface area (Å²) >= 11 is 0. The molecule has 2 aromatic carbocycles. The molecule has 0 radical (unpaired) electrons. The average Bonchev–Trinajstić information content (AvgIpc) is 2.88. The third-order valence-electron chi connectivity index (χ3n) is 3.17. The van der Waals surface area contributed by atoms with Crippen LogP contribution in [0.3, 0.4) is 0 Å². The van der Waals surface area contributed by atoms with Gasteiger partial charge in [0.1, 0.15) is 5.82 Å². The third kappa shape index (κ3) is 2.96. The number of nitrogens with one attached hydrogen (secondary N) is 2. The molecule has 1 aromatic heterocycles. The molecule has 0 fully saturated rings. The highest BCUT2D eigenvalue weighted by Gasteiger charge is 2.14. The number of hydrogen-bond acceptors (Lipinski definition) is 3. The largest absolute Gasteiger partial charge is 0.341 e. The van der Waals surface area contributed by atoms with Crippen molar-refractivity contribution in [3.05, 3.63) is 59.9 Å². The summed E-state index contributed by atoms with van der Waals surface area (Å²) in [6, 6.07) is 14.4. The Kier molecular flexibility index (Phi) is 3.48.